The minimum absolute atomic E-state index is 0.00191. The predicted octanol–water partition coefficient (Wildman–Crippen LogP) is 3.89. The number of ketones is 2. The van der Waals surface area contributed by atoms with Gasteiger partial charge in [-0.1, -0.05) is 24.3 Å². The number of ether oxygens (including phenoxy) is 1. The molecule has 0 spiro atoms. The Kier molecular flexibility index (Phi) is 4.97. The second kappa shape index (κ2) is 7.98. The molecule has 0 radical (unpaired) electrons. The van der Waals surface area contributed by atoms with Crippen LogP contribution in [0.2, 0.25) is 0 Å². The van der Waals surface area contributed by atoms with E-state index >= 15 is 0 Å². The number of hydrogen-bond acceptors (Lipinski definition) is 7. The Balaban J connectivity index is 1.61. The van der Waals surface area contributed by atoms with Gasteiger partial charge >= 0.3 is 0 Å². The van der Waals surface area contributed by atoms with Gasteiger partial charge in [-0.25, -0.2) is 0 Å². The van der Waals surface area contributed by atoms with Crippen molar-refractivity contribution >= 4 is 28.4 Å². The molecule has 8 heteroatoms. The molecule has 1 amide bonds. The number of amides is 1. The molecule has 1 aliphatic rings. The highest BCUT2D eigenvalue weighted by molar-refractivity contribution is 6.43. The van der Waals surface area contributed by atoms with Crippen LogP contribution in [-0.2, 0) is 16.1 Å². The number of rotatable bonds is 6. The van der Waals surface area contributed by atoms with Crippen molar-refractivity contribution in [3.8, 4) is 11.5 Å². The number of nitrogens with zero attached hydrogens (tertiary/aromatic N) is 1. The number of furan rings is 2. The number of methoxy groups -OCH3 is 1. The van der Waals surface area contributed by atoms with Gasteiger partial charge in [-0.3, -0.25) is 14.4 Å². The van der Waals surface area contributed by atoms with E-state index in [2.05, 4.69) is 0 Å². The number of phenols is 1. The lowest BCUT2D eigenvalue weighted by molar-refractivity contribution is -0.141. The molecule has 33 heavy (non-hydrogen) atoms. The van der Waals surface area contributed by atoms with Crippen molar-refractivity contribution in [1.82, 2.24) is 4.90 Å². The number of hydrogen-bond donors (Lipinski definition) is 1. The first-order chi connectivity index (χ1) is 16.0. The predicted molar refractivity (Wildman–Crippen MR) is 116 cm³/mol. The number of phenolic OH excluding ortho intramolecular Hbond substituents is 1. The Morgan fingerprint density at radius 2 is 1.91 bits per heavy atom. The number of aromatic hydroxyl groups is 1. The number of carbonyl (C=O) groups excluding carboxylic acids is 3. The molecule has 8 nitrogen and oxygen atoms in total. The summed E-state index contributed by atoms with van der Waals surface area (Å²) in [6.45, 7) is -0.00462. The lowest BCUT2D eigenvalue weighted by atomic mass is 9.88. The van der Waals surface area contributed by atoms with Crippen LogP contribution in [0.5, 0.6) is 11.5 Å². The van der Waals surface area contributed by atoms with E-state index in [0.29, 0.717) is 22.3 Å². The van der Waals surface area contributed by atoms with Crippen LogP contribution >= 0.6 is 0 Å². The van der Waals surface area contributed by atoms with E-state index in [1.54, 1.807) is 42.5 Å². The van der Waals surface area contributed by atoms with E-state index in [-0.39, 0.29) is 23.8 Å². The van der Waals surface area contributed by atoms with E-state index in [1.165, 1.54) is 30.4 Å². The third-order valence-electron chi connectivity index (χ3n) is 5.81. The number of para-hydroxylation sites is 1. The molecule has 0 aliphatic carbocycles. The monoisotopic (exact) mass is 445 g/mol. The molecule has 1 N–H and O–H groups in total. The van der Waals surface area contributed by atoms with E-state index in [0.717, 1.165) is 0 Å². The molecule has 5 rings (SSSR count). The SMILES string of the molecule is COc1cc(C2C(C(=O)c3cc4ccccc4o3)C(=O)C(=O)N2Cc2ccco2)ccc1O. The first-order valence-corrected chi connectivity index (χ1v) is 10.2. The molecule has 0 saturated carbocycles. The van der Waals surface area contributed by atoms with Crippen molar-refractivity contribution in [2.75, 3.05) is 7.11 Å². The Morgan fingerprint density at radius 3 is 2.64 bits per heavy atom. The van der Waals surface area contributed by atoms with Crippen LogP contribution in [0, 0.1) is 5.92 Å². The molecule has 166 valence electrons. The lowest BCUT2D eigenvalue weighted by Gasteiger charge is -2.26. The molecule has 3 heterocycles. The summed E-state index contributed by atoms with van der Waals surface area (Å²) >= 11 is 0. The maximum absolute atomic E-state index is 13.5. The van der Waals surface area contributed by atoms with Gasteiger partial charge in [0.1, 0.15) is 17.3 Å². The van der Waals surface area contributed by atoms with Gasteiger partial charge in [-0.2, -0.15) is 0 Å². The van der Waals surface area contributed by atoms with Gasteiger partial charge in [0.05, 0.1) is 26.0 Å². The highest BCUT2D eigenvalue weighted by atomic mass is 16.5. The highest BCUT2D eigenvalue weighted by Crippen LogP contribution is 2.42. The largest absolute Gasteiger partial charge is 0.504 e. The zero-order valence-corrected chi connectivity index (χ0v) is 17.6. The van der Waals surface area contributed by atoms with Crippen molar-refractivity contribution in [2.45, 2.75) is 12.6 Å². The van der Waals surface area contributed by atoms with Crippen molar-refractivity contribution in [1.29, 1.82) is 0 Å². The van der Waals surface area contributed by atoms with Crippen LogP contribution in [0.1, 0.15) is 27.9 Å². The standard InChI is InChI=1S/C25H19NO7/c1-31-19-12-15(8-9-17(19)27)22-21(23(28)20-11-14-5-2-3-7-18(14)33-20)24(29)25(30)26(22)13-16-6-4-10-32-16/h2-12,21-22,27H,13H2,1H3. The average molecular weight is 445 g/mol. The first kappa shape index (κ1) is 20.6. The summed E-state index contributed by atoms with van der Waals surface area (Å²) in [5.74, 6) is -3.03. The van der Waals surface area contributed by atoms with Gasteiger partial charge in [-0.05, 0) is 42.0 Å². The van der Waals surface area contributed by atoms with Gasteiger partial charge in [0.25, 0.3) is 5.91 Å². The smallest absolute Gasteiger partial charge is 0.291 e. The molecular weight excluding hydrogens is 426 g/mol. The lowest BCUT2D eigenvalue weighted by Crippen LogP contribution is -2.30. The summed E-state index contributed by atoms with van der Waals surface area (Å²) in [5.41, 5.74) is 0.970. The molecule has 2 aromatic carbocycles. The first-order valence-electron chi connectivity index (χ1n) is 10.2. The summed E-state index contributed by atoms with van der Waals surface area (Å²) in [7, 11) is 1.39. The molecule has 1 saturated heterocycles. The van der Waals surface area contributed by atoms with Crippen molar-refractivity contribution in [3.05, 3.63) is 84.0 Å². The molecule has 2 unspecified atom stereocenters. The van der Waals surface area contributed by atoms with Crippen LogP contribution < -0.4 is 4.74 Å². The Labute approximate surface area is 188 Å². The molecule has 4 aromatic rings. The maximum atomic E-state index is 13.5. The summed E-state index contributed by atoms with van der Waals surface area (Å²) in [5, 5.41) is 10.7. The second-order valence-corrected chi connectivity index (χ2v) is 7.74. The normalized spacial score (nSPS) is 18.3. The summed E-state index contributed by atoms with van der Waals surface area (Å²) < 4.78 is 16.3. The van der Waals surface area contributed by atoms with Crippen molar-refractivity contribution < 1.29 is 33.1 Å². The van der Waals surface area contributed by atoms with Crippen molar-refractivity contribution in [2.24, 2.45) is 5.92 Å². The molecule has 1 fully saturated rings. The fraction of sp³-hybridized carbons (Fsp3) is 0.160. The second-order valence-electron chi connectivity index (χ2n) is 7.74. The molecular formula is C25H19NO7. The van der Waals surface area contributed by atoms with E-state index in [4.69, 9.17) is 13.6 Å². The van der Waals surface area contributed by atoms with Crippen molar-refractivity contribution in [3.63, 3.8) is 0 Å². The third-order valence-corrected chi connectivity index (χ3v) is 5.81. The van der Waals surface area contributed by atoms with Crippen LogP contribution in [0.15, 0.2) is 75.8 Å². The average Bonchev–Trinajstić information content (AvgIpc) is 3.54. The number of likely N-dealkylation sites (tertiary alicyclic amines) is 1. The minimum Gasteiger partial charge on any atom is -0.504 e. The van der Waals surface area contributed by atoms with Crippen LogP contribution in [0.4, 0.5) is 0 Å². The van der Waals surface area contributed by atoms with E-state index < -0.39 is 29.4 Å². The van der Waals surface area contributed by atoms with Gasteiger partial charge in [0, 0.05) is 5.39 Å². The topological polar surface area (TPSA) is 110 Å². The van der Waals surface area contributed by atoms with Gasteiger partial charge in [0.2, 0.25) is 11.6 Å². The van der Waals surface area contributed by atoms with Gasteiger partial charge < -0.3 is 23.6 Å². The number of carbonyl (C=O) groups is 3. The molecule has 1 aliphatic heterocycles. The summed E-state index contributed by atoms with van der Waals surface area (Å²) in [4.78, 5) is 41.0. The number of fused-ring (bicyclic) bond motifs is 1. The zero-order valence-electron chi connectivity index (χ0n) is 17.6. The fourth-order valence-electron chi connectivity index (χ4n) is 4.23. The van der Waals surface area contributed by atoms with Crippen LogP contribution in [0.3, 0.4) is 0 Å². The molecule has 2 aromatic heterocycles. The van der Waals surface area contributed by atoms with Crippen LogP contribution in [0.25, 0.3) is 11.0 Å². The molecule has 2 atom stereocenters. The Hall–Kier alpha value is -4.33. The molecule has 0 bridgehead atoms. The van der Waals surface area contributed by atoms with E-state index in [9.17, 15) is 19.5 Å². The van der Waals surface area contributed by atoms with E-state index in [1.807, 2.05) is 6.07 Å². The van der Waals surface area contributed by atoms with Gasteiger partial charge in [-0.15, -0.1) is 0 Å². The summed E-state index contributed by atoms with van der Waals surface area (Å²) in [6, 6.07) is 15.6. The fourth-order valence-corrected chi connectivity index (χ4v) is 4.23. The Bertz CT molecular complexity index is 1340. The summed E-state index contributed by atoms with van der Waals surface area (Å²) in [6.07, 6.45) is 1.47. The maximum Gasteiger partial charge on any atom is 0.291 e. The van der Waals surface area contributed by atoms with Gasteiger partial charge in [0.15, 0.2) is 17.3 Å². The third kappa shape index (κ3) is 3.45. The van der Waals surface area contributed by atoms with Crippen LogP contribution in [-0.4, -0.2) is 34.6 Å². The zero-order chi connectivity index (χ0) is 23.1. The number of benzene rings is 2. The quantitative estimate of drug-likeness (QED) is 0.272. The Morgan fingerprint density at radius 1 is 1.09 bits per heavy atom. The highest BCUT2D eigenvalue weighted by Gasteiger charge is 2.52. The minimum atomic E-state index is -1.33. The number of Topliss-reactive ketones (excluding diaryl/α,β-unsaturated/α-hetero) is 2.